The number of nitrogens with zero attached hydrogens (tertiary/aromatic N) is 1. The van der Waals surface area contributed by atoms with Gasteiger partial charge in [-0.15, -0.1) is 0 Å². The molecular formula is C24H22N2O3. The predicted molar refractivity (Wildman–Crippen MR) is 113 cm³/mol. The highest BCUT2D eigenvalue weighted by Crippen LogP contribution is 2.30. The minimum absolute atomic E-state index is 0.172. The molecule has 1 amide bonds. The maximum absolute atomic E-state index is 12.4. The van der Waals surface area contributed by atoms with Crippen molar-refractivity contribution in [3.8, 4) is 28.7 Å². The van der Waals surface area contributed by atoms with Crippen LogP contribution in [-0.4, -0.2) is 19.1 Å². The molecular weight excluding hydrogens is 364 g/mol. The molecule has 3 rings (SSSR count). The number of benzene rings is 3. The van der Waals surface area contributed by atoms with Crippen LogP contribution in [0.25, 0.3) is 11.1 Å². The fourth-order valence-electron chi connectivity index (χ4n) is 2.89. The van der Waals surface area contributed by atoms with E-state index in [0.29, 0.717) is 23.6 Å². The molecule has 1 N–H and O–H groups in total. The summed E-state index contributed by atoms with van der Waals surface area (Å²) >= 11 is 0. The Morgan fingerprint density at radius 1 is 0.966 bits per heavy atom. The molecule has 0 aliphatic rings. The molecule has 0 aromatic heterocycles. The second kappa shape index (κ2) is 9.95. The van der Waals surface area contributed by atoms with E-state index in [2.05, 4.69) is 11.4 Å². The summed E-state index contributed by atoms with van der Waals surface area (Å²) in [4.78, 5) is 12.4. The topological polar surface area (TPSA) is 71.3 Å². The number of ether oxygens (including phenoxy) is 2. The number of nitrogens with one attached hydrogen (secondary N) is 1. The maximum Gasteiger partial charge on any atom is 0.227 e. The first-order valence-electron chi connectivity index (χ1n) is 9.45. The molecule has 0 radical (unpaired) electrons. The molecule has 0 unspecified atom stereocenters. The molecule has 146 valence electrons. The van der Waals surface area contributed by atoms with E-state index in [4.69, 9.17) is 14.7 Å². The number of amides is 1. The van der Waals surface area contributed by atoms with Gasteiger partial charge in [0.25, 0.3) is 0 Å². The van der Waals surface area contributed by atoms with Gasteiger partial charge in [0.2, 0.25) is 5.91 Å². The van der Waals surface area contributed by atoms with Crippen molar-refractivity contribution in [1.29, 1.82) is 5.26 Å². The van der Waals surface area contributed by atoms with Crippen molar-refractivity contribution in [3.63, 3.8) is 0 Å². The minimum Gasteiger partial charge on any atom is -0.492 e. The average Bonchev–Trinajstić information content (AvgIpc) is 2.76. The van der Waals surface area contributed by atoms with Crippen LogP contribution < -0.4 is 14.8 Å². The zero-order chi connectivity index (χ0) is 20.5. The molecule has 0 spiro atoms. The van der Waals surface area contributed by atoms with Crippen LogP contribution in [0.3, 0.4) is 0 Å². The van der Waals surface area contributed by atoms with Gasteiger partial charge in [-0.2, -0.15) is 5.26 Å². The summed E-state index contributed by atoms with van der Waals surface area (Å²) in [6, 6.07) is 24.7. The lowest BCUT2D eigenvalue weighted by Gasteiger charge is -2.13. The Morgan fingerprint density at radius 2 is 1.72 bits per heavy atom. The Morgan fingerprint density at radius 3 is 2.48 bits per heavy atom. The maximum atomic E-state index is 12.4. The predicted octanol–water partition coefficient (Wildman–Crippen LogP) is 5.03. The van der Waals surface area contributed by atoms with Crippen molar-refractivity contribution in [1.82, 2.24) is 0 Å². The van der Waals surface area contributed by atoms with E-state index in [-0.39, 0.29) is 18.9 Å². The lowest BCUT2D eigenvalue weighted by Crippen LogP contribution is -2.16. The molecule has 5 heteroatoms. The summed E-state index contributed by atoms with van der Waals surface area (Å²) in [6.45, 7) is 2.56. The van der Waals surface area contributed by atoms with Crippen LogP contribution in [0.5, 0.6) is 11.5 Å². The summed E-state index contributed by atoms with van der Waals surface area (Å²) in [7, 11) is 0. The Balaban J connectivity index is 1.63. The van der Waals surface area contributed by atoms with Crippen LogP contribution in [0.2, 0.25) is 0 Å². The van der Waals surface area contributed by atoms with E-state index >= 15 is 0 Å². The van der Waals surface area contributed by atoms with E-state index in [1.807, 2.05) is 61.5 Å². The number of hydrogen-bond acceptors (Lipinski definition) is 4. The van der Waals surface area contributed by atoms with Gasteiger partial charge in [0.15, 0.2) is 0 Å². The van der Waals surface area contributed by atoms with Crippen molar-refractivity contribution in [2.24, 2.45) is 0 Å². The van der Waals surface area contributed by atoms with Gasteiger partial charge in [-0.1, -0.05) is 48.5 Å². The second-order valence-corrected chi connectivity index (χ2v) is 6.26. The van der Waals surface area contributed by atoms with E-state index in [0.717, 1.165) is 16.9 Å². The second-order valence-electron chi connectivity index (χ2n) is 6.26. The molecule has 0 bridgehead atoms. The minimum atomic E-state index is -0.210. The van der Waals surface area contributed by atoms with Crippen LogP contribution >= 0.6 is 0 Å². The molecule has 0 atom stereocenters. The third-order valence-electron chi connectivity index (χ3n) is 4.24. The number of anilines is 1. The molecule has 3 aromatic carbocycles. The Labute approximate surface area is 170 Å². The fourth-order valence-corrected chi connectivity index (χ4v) is 2.89. The van der Waals surface area contributed by atoms with Crippen LogP contribution in [0.1, 0.15) is 18.9 Å². The number of nitriles is 1. The molecule has 29 heavy (non-hydrogen) atoms. The van der Waals surface area contributed by atoms with Gasteiger partial charge in [-0.25, -0.2) is 0 Å². The first kappa shape index (κ1) is 20.0. The Hall–Kier alpha value is -3.78. The molecule has 3 aromatic rings. The number of hydrogen-bond donors (Lipinski definition) is 1. The van der Waals surface area contributed by atoms with Crippen molar-refractivity contribution in [3.05, 3.63) is 78.4 Å². The van der Waals surface area contributed by atoms with Crippen molar-refractivity contribution in [2.45, 2.75) is 13.3 Å². The molecule has 0 saturated carbocycles. The van der Waals surface area contributed by atoms with Crippen LogP contribution in [-0.2, 0) is 4.79 Å². The quantitative estimate of drug-likeness (QED) is 0.589. The van der Waals surface area contributed by atoms with Gasteiger partial charge in [0, 0.05) is 5.56 Å². The zero-order valence-corrected chi connectivity index (χ0v) is 16.2. The first-order chi connectivity index (χ1) is 14.2. The SMILES string of the molecule is CCOc1ccc(C#N)cc1NC(=O)CCOc1ccccc1-c1ccccc1. The van der Waals surface area contributed by atoms with Gasteiger partial charge >= 0.3 is 0 Å². The summed E-state index contributed by atoms with van der Waals surface area (Å²) in [5, 5.41) is 11.9. The molecule has 0 saturated heterocycles. The van der Waals surface area contributed by atoms with Crippen molar-refractivity contribution in [2.75, 3.05) is 18.5 Å². The average molecular weight is 386 g/mol. The van der Waals surface area contributed by atoms with E-state index < -0.39 is 0 Å². The van der Waals surface area contributed by atoms with Crippen LogP contribution in [0.15, 0.2) is 72.8 Å². The lowest BCUT2D eigenvalue weighted by molar-refractivity contribution is -0.116. The van der Waals surface area contributed by atoms with Gasteiger partial charge in [0.1, 0.15) is 11.5 Å². The number of carbonyl (C=O) groups is 1. The first-order valence-corrected chi connectivity index (χ1v) is 9.45. The van der Waals surface area contributed by atoms with Crippen molar-refractivity contribution >= 4 is 11.6 Å². The number of carbonyl (C=O) groups excluding carboxylic acids is 1. The molecule has 0 aliphatic heterocycles. The van der Waals surface area contributed by atoms with Gasteiger partial charge in [0.05, 0.1) is 37.0 Å². The van der Waals surface area contributed by atoms with Gasteiger partial charge in [-0.3, -0.25) is 4.79 Å². The van der Waals surface area contributed by atoms with Gasteiger partial charge < -0.3 is 14.8 Å². The third-order valence-corrected chi connectivity index (χ3v) is 4.24. The Bertz CT molecular complexity index is 1010. The monoisotopic (exact) mass is 386 g/mol. The number of rotatable bonds is 8. The van der Waals surface area contributed by atoms with Crippen molar-refractivity contribution < 1.29 is 14.3 Å². The van der Waals surface area contributed by atoms with E-state index in [1.54, 1.807) is 18.2 Å². The highest BCUT2D eigenvalue weighted by atomic mass is 16.5. The third kappa shape index (κ3) is 5.36. The summed E-state index contributed by atoms with van der Waals surface area (Å²) in [5.41, 5.74) is 2.98. The smallest absolute Gasteiger partial charge is 0.227 e. The normalized spacial score (nSPS) is 10.1. The highest BCUT2D eigenvalue weighted by Gasteiger charge is 2.11. The van der Waals surface area contributed by atoms with E-state index in [1.165, 1.54) is 0 Å². The largest absolute Gasteiger partial charge is 0.492 e. The lowest BCUT2D eigenvalue weighted by atomic mass is 10.1. The molecule has 0 heterocycles. The standard InChI is InChI=1S/C24H22N2O3/c1-2-28-23-13-12-18(17-25)16-21(23)26-24(27)14-15-29-22-11-7-6-10-20(22)19-8-4-3-5-9-19/h3-13,16H,2,14-15H2,1H3,(H,26,27). The van der Waals surface area contributed by atoms with E-state index in [9.17, 15) is 4.79 Å². The van der Waals surface area contributed by atoms with Crippen LogP contribution in [0, 0.1) is 11.3 Å². The number of para-hydroxylation sites is 1. The molecule has 0 aliphatic carbocycles. The summed E-state index contributed by atoms with van der Waals surface area (Å²) in [5.74, 6) is 1.06. The molecule has 0 fully saturated rings. The Kier molecular flexibility index (Phi) is 6.85. The molecule has 5 nitrogen and oxygen atoms in total. The fraction of sp³-hybridized carbons (Fsp3) is 0.167. The van der Waals surface area contributed by atoms with Crippen LogP contribution in [0.4, 0.5) is 5.69 Å². The summed E-state index contributed by atoms with van der Waals surface area (Å²) < 4.78 is 11.4. The summed E-state index contributed by atoms with van der Waals surface area (Å²) in [6.07, 6.45) is 0.172. The zero-order valence-electron chi connectivity index (χ0n) is 16.2. The van der Waals surface area contributed by atoms with Gasteiger partial charge in [-0.05, 0) is 36.8 Å². The highest BCUT2D eigenvalue weighted by molar-refractivity contribution is 5.92.